The van der Waals surface area contributed by atoms with Gasteiger partial charge < -0.3 is 5.32 Å². The van der Waals surface area contributed by atoms with E-state index in [9.17, 15) is 9.18 Å². The van der Waals surface area contributed by atoms with Crippen LogP contribution in [0.25, 0.3) is 11.4 Å². The number of rotatable bonds is 4. The lowest BCUT2D eigenvalue weighted by Crippen LogP contribution is -2.24. The zero-order valence-electron chi connectivity index (χ0n) is 14.1. The Labute approximate surface area is 145 Å². The van der Waals surface area contributed by atoms with Crippen LogP contribution in [0.4, 0.5) is 4.39 Å². The van der Waals surface area contributed by atoms with E-state index in [1.165, 1.54) is 23.9 Å². The Hall–Kier alpha value is -3.08. The smallest absolute Gasteiger partial charge is 0.254 e. The van der Waals surface area contributed by atoms with Crippen LogP contribution in [0.1, 0.15) is 27.2 Å². The maximum Gasteiger partial charge on any atom is 0.254 e. The van der Waals surface area contributed by atoms with Crippen LogP contribution in [0.15, 0.2) is 54.7 Å². The van der Waals surface area contributed by atoms with Gasteiger partial charge in [0.05, 0.1) is 11.3 Å². The molecule has 5 heteroatoms. The summed E-state index contributed by atoms with van der Waals surface area (Å²) >= 11 is 0. The van der Waals surface area contributed by atoms with E-state index in [0.29, 0.717) is 29.2 Å². The Bertz CT molecular complexity index is 890. The van der Waals surface area contributed by atoms with Crippen molar-refractivity contribution in [2.45, 2.75) is 20.4 Å². The fourth-order valence-electron chi connectivity index (χ4n) is 2.41. The van der Waals surface area contributed by atoms with E-state index in [-0.39, 0.29) is 11.7 Å². The molecule has 0 saturated heterocycles. The van der Waals surface area contributed by atoms with Gasteiger partial charge in [0.1, 0.15) is 5.82 Å². The number of aryl methyl sites for hydroxylation is 2. The monoisotopic (exact) mass is 335 g/mol. The Morgan fingerprint density at radius 3 is 2.36 bits per heavy atom. The van der Waals surface area contributed by atoms with Crippen LogP contribution in [0.2, 0.25) is 0 Å². The summed E-state index contributed by atoms with van der Waals surface area (Å²) in [4.78, 5) is 21.0. The maximum absolute atomic E-state index is 13.0. The number of benzene rings is 2. The van der Waals surface area contributed by atoms with Gasteiger partial charge in [-0.3, -0.25) is 4.79 Å². The average molecular weight is 335 g/mol. The molecule has 126 valence electrons. The number of hydrogen-bond donors (Lipinski definition) is 1. The van der Waals surface area contributed by atoms with E-state index in [1.54, 1.807) is 19.1 Å². The number of halogens is 1. The van der Waals surface area contributed by atoms with E-state index in [1.807, 2.05) is 31.2 Å². The van der Waals surface area contributed by atoms with Gasteiger partial charge in [-0.2, -0.15) is 0 Å². The van der Waals surface area contributed by atoms with Crippen molar-refractivity contribution in [1.29, 1.82) is 0 Å². The summed E-state index contributed by atoms with van der Waals surface area (Å²) in [6.45, 7) is 4.22. The van der Waals surface area contributed by atoms with Crippen LogP contribution >= 0.6 is 0 Å². The fourth-order valence-corrected chi connectivity index (χ4v) is 2.41. The van der Waals surface area contributed by atoms with Gasteiger partial charge in [0, 0.05) is 18.3 Å². The van der Waals surface area contributed by atoms with E-state index in [0.717, 1.165) is 5.56 Å². The second-order valence-electron chi connectivity index (χ2n) is 5.87. The molecule has 1 amide bonds. The first-order valence-corrected chi connectivity index (χ1v) is 7.96. The molecule has 1 N–H and O–H groups in total. The van der Waals surface area contributed by atoms with Gasteiger partial charge in [-0.25, -0.2) is 14.4 Å². The molecule has 1 aromatic heterocycles. The third-order valence-electron chi connectivity index (χ3n) is 3.90. The van der Waals surface area contributed by atoms with Crippen molar-refractivity contribution in [3.8, 4) is 11.4 Å². The van der Waals surface area contributed by atoms with Gasteiger partial charge in [-0.1, -0.05) is 29.8 Å². The molecule has 0 aliphatic heterocycles. The molecule has 3 rings (SSSR count). The van der Waals surface area contributed by atoms with E-state index in [4.69, 9.17) is 0 Å². The van der Waals surface area contributed by atoms with Gasteiger partial charge in [0.15, 0.2) is 5.82 Å². The van der Waals surface area contributed by atoms with Crippen LogP contribution in [0, 0.1) is 19.7 Å². The quantitative estimate of drug-likeness (QED) is 0.788. The fraction of sp³-hybridized carbons (Fsp3) is 0.150. The number of nitrogens with zero attached hydrogens (tertiary/aromatic N) is 2. The molecule has 0 bridgehead atoms. The Morgan fingerprint density at radius 2 is 1.72 bits per heavy atom. The number of nitrogens with one attached hydrogen (secondary N) is 1. The normalized spacial score (nSPS) is 10.5. The van der Waals surface area contributed by atoms with Crippen molar-refractivity contribution >= 4 is 5.91 Å². The zero-order valence-corrected chi connectivity index (χ0v) is 14.1. The molecule has 0 aliphatic carbocycles. The predicted molar refractivity (Wildman–Crippen MR) is 94.5 cm³/mol. The summed E-state index contributed by atoms with van der Waals surface area (Å²) in [5, 5.41) is 2.87. The summed E-state index contributed by atoms with van der Waals surface area (Å²) in [6, 6.07) is 13.9. The lowest BCUT2D eigenvalue weighted by atomic mass is 10.1. The summed E-state index contributed by atoms with van der Waals surface area (Å²) < 4.78 is 13.0. The summed E-state index contributed by atoms with van der Waals surface area (Å²) in [5.74, 6) is -0.0658. The number of amides is 1. The Kier molecular flexibility index (Phi) is 4.84. The second kappa shape index (κ2) is 7.21. The third kappa shape index (κ3) is 4.07. The molecular weight excluding hydrogens is 317 g/mol. The molecule has 0 unspecified atom stereocenters. The van der Waals surface area contributed by atoms with E-state index in [2.05, 4.69) is 15.3 Å². The Balaban J connectivity index is 1.72. The number of carbonyl (C=O) groups excluding carboxylic acids is 1. The van der Waals surface area contributed by atoms with Crippen molar-refractivity contribution in [3.63, 3.8) is 0 Å². The van der Waals surface area contributed by atoms with E-state index < -0.39 is 0 Å². The summed E-state index contributed by atoms with van der Waals surface area (Å²) in [7, 11) is 0. The molecule has 4 nitrogen and oxygen atoms in total. The van der Waals surface area contributed by atoms with Gasteiger partial charge in [0.2, 0.25) is 0 Å². The second-order valence-corrected chi connectivity index (χ2v) is 5.87. The van der Waals surface area contributed by atoms with Crippen LogP contribution < -0.4 is 5.32 Å². The zero-order chi connectivity index (χ0) is 17.8. The molecule has 0 saturated carbocycles. The van der Waals surface area contributed by atoms with Crippen molar-refractivity contribution in [2.75, 3.05) is 0 Å². The lowest BCUT2D eigenvalue weighted by molar-refractivity contribution is 0.0949. The molecule has 0 atom stereocenters. The first kappa shape index (κ1) is 16.8. The molecule has 1 heterocycles. The van der Waals surface area contributed by atoms with Crippen molar-refractivity contribution in [3.05, 3.63) is 82.9 Å². The minimum absolute atomic E-state index is 0.219. The topological polar surface area (TPSA) is 54.9 Å². The largest absolute Gasteiger partial charge is 0.348 e. The maximum atomic E-state index is 13.0. The average Bonchev–Trinajstić information content (AvgIpc) is 2.61. The Morgan fingerprint density at radius 1 is 1.04 bits per heavy atom. The SMILES string of the molecule is Cc1ccc(CNC(=O)c2cnc(-c3ccc(F)cc3)nc2C)cc1. The van der Waals surface area contributed by atoms with Crippen molar-refractivity contribution in [2.24, 2.45) is 0 Å². The van der Waals surface area contributed by atoms with Gasteiger partial charge in [-0.15, -0.1) is 0 Å². The number of aromatic nitrogens is 2. The lowest BCUT2D eigenvalue weighted by Gasteiger charge is -2.09. The predicted octanol–water partition coefficient (Wildman–Crippen LogP) is 3.83. The minimum Gasteiger partial charge on any atom is -0.348 e. The van der Waals surface area contributed by atoms with E-state index >= 15 is 0 Å². The molecule has 0 spiro atoms. The highest BCUT2D eigenvalue weighted by molar-refractivity contribution is 5.95. The molecule has 25 heavy (non-hydrogen) atoms. The highest BCUT2D eigenvalue weighted by Crippen LogP contribution is 2.17. The standard InChI is InChI=1S/C20H18FN3O/c1-13-3-5-15(6-4-13)11-23-20(25)18-12-22-19(24-14(18)2)16-7-9-17(21)10-8-16/h3-10,12H,11H2,1-2H3,(H,23,25). The molecule has 2 aromatic carbocycles. The third-order valence-corrected chi connectivity index (χ3v) is 3.90. The van der Waals surface area contributed by atoms with Crippen LogP contribution in [0.3, 0.4) is 0 Å². The molecule has 0 aliphatic rings. The summed E-state index contributed by atoms with van der Waals surface area (Å²) in [5.41, 5.74) is 3.92. The molecule has 0 fully saturated rings. The summed E-state index contributed by atoms with van der Waals surface area (Å²) in [6.07, 6.45) is 1.51. The van der Waals surface area contributed by atoms with Crippen molar-refractivity contribution in [1.82, 2.24) is 15.3 Å². The van der Waals surface area contributed by atoms with Crippen LogP contribution in [-0.2, 0) is 6.54 Å². The number of hydrogen-bond acceptors (Lipinski definition) is 3. The first-order valence-electron chi connectivity index (χ1n) is 7.96. The first-order chi connectivity index (χ1) is 12.0. The number of carbonyl (C=O) groups is 1. The van der Waals surface area contributed by atoms with Crippen LogP contribution in [0.5, 0.6) is 0 Å². The highest BCUT2D eigenvalue weighted by atomic mass is 19.1. The van der Waals surface area contributed by atoms with Gasteiger partial charge in [-0.05, 0) is 43.7 Å². The minimum atomic E-state index is -0.312. The van der Waals surface area contributed by atoms with Crippen LogP contribution in [-0.4, -0.2) is 15.9 Å². The highest BCUT2D eigenvalue weighted by Gasteiger charge is 2.12. The van der Waals surface area contributed by atoms with Crippen molar-refractivity contribution < 1.29 is 9.18 Å². The molecular formula is C20H18FN3O. The van der Waals surface area contributed by atoms with Gasteiger partial charge in [0.25, 0.3) is 5.91 Å². The molecule has 3 aromatic rings. The van der Waals surface area contributed by atoms with Gasteiger partial charge >= 0.3 is 0 Å². The molecule has 0 radical (unpaired) electrons.